The molecule has 0 fully saturated rings. The molecule has 12 heavy (non-hydrogen) atoms. The summed E-state index contributed by atoms with van der Waals surface area (Å²) in [6.07, 6.45) is 5.43. The van der Waals surface area contributed by atoms with E-state index in [2.05, 4.69) is 23.1 Å². The van der Waals surface area contributed by atoms with Crippen molar-refractivity contribution in [3.05, 3.63) is 0 Å². The molecule has 0 nitrogen and oxygen atoms in total. The summed E-state index contributed by atoms with van der Waals surface area (Å²) in [6, 6.07) is 0. The van der Waals surface area contributed by atoms with Crippen molar-refractivity contribution >= 4 is 9.24 Å². The van der Waals surface area contributed by atoms with Gasteiger partial charge in [0.2, 0.25) is 0 Å². The van der Waals surface area contributed by atoms with E-state index in [0.29, 0.717) is 12.3 Å². The lowest BCUT2D eigenvalue weighted by molar-refractivity contribution is 0.237. The molecular formula is C10H22FP. The van der Waals surface area contributed by atoms with Crippen molar-refractivity contribution < 1.29 is 4.39 Å². The van der Waals surface area contributed by atoms with Gasteiger partial charge in [-0.2, -0.15) is 0 Å². The minimum atomic E-state index is -1.06. The highest BCUT2D eigenvalue weighted by molar-refractivity contribution is 7.18. The highest BCUT2D eigenvalue weighted by Gasteiger charge is 2.20. The van der Waals surface area contributed by atoms with Gasteiger partial charge in [0.15, 0.2) is 0 Å². The third-order valence-corrected chi connectivity index (χ3v) is 2.47. The first-order chi connectivity index (χ1) is 5.49. The Balaban J connectivity index is 3.67. The minimum absolute atomic E-state index is 0.567. The van der Waals surface area contributed by atoms with Gasteiger partial charge in [-0.3, -0.25) is 0 Å². The molecule has 2 heteroatoms. The monoisotopic (exact) mass is 192 g/mol. The van der Waals surface area contributed by atoms with Crippen LogP contribution in [-0.2, 0) is 0 Å². The van der Waals surface area contributed by atoms with E-state index in [-0.39, 0.29) is 0 Å². The van der Waals surface area contributed by atoms with Gasteiger partial charge in [-0.25, -0.2) is 4.39 Å². The molecule has 0 rings (SSSR count). The predicted octanol–water partition coefficient (Wildman–Crippen LogP) is 4.15. The van der Waals surface area contributed by atoms with Crippen LogP contribution in [0.5, 0.6) is 0 Å². The van der Waals surface area contributed by atoms with E-state index in [4.69, 9.17) is 0 Å². The highest BCUT2D eigenvalue weighted by atomic mass is 31.0. The molecule has 0 heterocycles. The summed E-state index contributed by atoms with van der Waals surface area (Å²) in [4.78, 5) is 0. The Bertz CT molecular complexity index is 107. The molecule has 0 bridgehead atoms. The Morgan fingerprint density at radius 3 is 2.33 bits per heavy atom. The maximum atomic E-state index is 13.2. The van der Waals surface area contributed by atoms with Crippen LogP contribution < -0.4 is 0 Å². The van der Waals surface area contributed by atoms with Crippen molar-refractivity contribution in [3.8, 4) is 0 Å². The minimum Gasteiger partial charge on any atom is -0.240 e. The fraction of sp³-hybridized carbons (Fsp3) is 1.00. The van der Waals surface area contributed by atoms with Gasteiger partial charge >= 0.3 is 0 Å². The first kappa shape index (κ1) is 12.4. The van der Waals surface area contributed by atoms with Gasteiger partial charge in [0.05, 0.1) is 0 Å². The second kappa shape index (κ2) is 5.91. The summed E-state index contributed by atoms with van der Waals surface area (Å²) >= 11 is 0. The predicted molar refractivity (Wildman–Crippen MR) is 57.1 cm³/mol. The van der Waals surface area contributed by atoms with E-state index in [0.717, 1.165) is 6.42 Å². The third kappa shape index (κ3) is 7.03. The Hall–Kier alpha value is 0.360. The fourth-order valence-electron chi connectivity index (χ4n) is 1.51. The number of alkyl halides is 1. The smallest absolute Gasteiger partial charge is 0.121 e. The molecule has 0 saturated carbocycles. The molecule has 0 aromatic carbocycles. The second-order valence-corrected chi connectivity index (χ2v) is 5.10. The van der Waals surface area contributed by atoms with Crippen molar-refractivity contribution in [1.82, 2.24) is 0 Å². The molecule has 0 amide bonds. The second-order valence-electron chi connectivity index (χ2n) is 3.90. The molecule has 3 atom stereocenters. The molecule has 0 radical (unpaired) electrons. The summed E-state index contributed by atoms with van der Waals surface area (Å²) < 4.78 is 13.2. The average molecular weight is 192 g/mol. The summed E-state index contributed by atoms with van der Waals surface area (Å²) in [5.41, 5.74) is 0. The van der Waals surface area contributed by atoms with Gasteiger partial charge in [-0.15, -0.1) is 0 Å². The Labute approximate surface area is 78.5 Å². The molecule has 0 spiro atoms. The summed E-state index contributed by atoms with van der Waals surface area (Å²) in [5.74, 6) is 0.567. The number of rotatable bonds is 6. The van der Waals surface area contributed by atoms with Crippen LogP contribution in [0.15, 0.2) is 0 Å². The van der Waals surface area contributed by atoms with Crippen LogP contribution in [0, 0.1) is 5.92 Å². The standard InChI is InChI=1S/C10H22FP/c1-4-6-7-9(5-2)8-10(3,11)12/h9H,4-8,12H2,1-3H3. The molecule has 0 aliphatic carbocycles. The Kier molecular flexibility index (Phi) is 6.09. The van der Waals surface area contributed by atoms with Crippen molar-refractivity contribution in [2.24, 2.45) is 5.92 Å². The Morgan fingerprint density at radius 1 is 1.42 bits per heavy atom. The number of hydrogen-bond donors (Lipinski definition) is 0. The molecular weight excluding hydrogens is 170 g/mol. The first-order valence-corrected chi connectivity index (χ1v) is 5.55. The van der Waals surface area contributed by atoms with E-state index >= 15 is 0 Å². The lowest BCUT2D eigenvalue weighted by atomic mass is 9.94. The number of halogens is 1. The molecule has 0 aliphatic rings. The van der Waals surface area contributed by atoms with Crippen molar-refractivity contribution in [2.45, 2.75) is 58.3 Å². The van der Waals surface area contributed by atoms with Crippen molar-refractivity contribution in [1.29, 1.82) is 0 Å². The molecule has 74 valence electrons. The SMILES string of the molecule is CCCCC(CC)CC(C)(F)P. The Morgan fingerprint density at radius 2 is 2.00 bits per heavy atom. The molecule has 0 aliphatic heterocycles. The average Bonchev–Trinajstić information content (AvgIpc) is 1.95. The van der Waals surface area contributed by atoms with E-state index in [1.165, 1.54) is 19.3 Å². The van der Waals surface area contributed by atoms with Crippen LogP contribution in [0.4, 0.5) is 4.39 Å². The van der Waals surface area contributed by atoms with E-state index in [1.54, 1.807) is 6.92 Å². The summed E-state index contributed by atoms with van der Waals surface area (Å²) in [7, 11) is 2.29. The quantitative estimate of drug-likeness (QED) is 0.554. The summed E-state index contributed by atoms with van der Waals surface area (Å²) in [5, 5.41) is -1.06. The van der Waals surface area contributed by atoms with Crippen molar-refractivity contribution in [2.75, 3.05) is 0 Å². The molecule has 3 unspecified atom stereocenters. The largest absolute Gasteiger partial charge is 0.240 e. The topological polar surface area (TPSA) is 0 Å². The van der Waals surface area contributed by atoms with Crippen LogP contribution in [0.25, 0.3) is 0 Å². The zero-order valence-corrected chi connectivity index (χ0v) is 9.72. The van der Waals surface area contributed by atoms with Crippen LogP contribution in [-0.4, -0.2) is 5.41 Å². The lowest BCUT2D eigenvalue weighted by Gasteiger charge is -2.21. The zero-order valence-electron chi connectivity index (χ0n) is 8.57. The lowest BCUT2D eigenvalue weighted by Crippen LogP contribution is -2.14. The maximum absolute atomic E-state index is 13.2. The van der Waals surface area contributed by atoms with Crippen molar-refractivity contribution in [3.63, 3.8) is 0 Å². The van der Waals surface area contributed by atoms with Crippen LogP contribution >= 0.6 is 9.24 Å². The first-order valence-electron chi connectivity index (χ1n) is 4.97. The fourth-order valence-corrected chi connectivity index (χ4v) is 1.84. The van der Waals surface area contributed by atoms with E-state index in [1.807, 2.05) is 0 Å². The normalized spacial score (nSPS) is 18.8. The van der Waals surface area contributed by atoms with Crippen LogP contribution in [0.3, 0.4) is 0 Å². The maximum Gasteiger partial charge on any atom is 0.121 e. The van der Waals surface area contributed by atoms with Crippen LogP contribution in [0.2, 0.25) is 0 Å². The highest BCUT2D eigenvalue weighted by Crippen LogP contribution is 2.31. The van der Waals surface area contributed by atoms with Gasteiger partial charge in [0, 0.05) is 0 Å². The van der Waals surface area contributed by atoms with Gasteiger partial charge in [0.25, 0.3) is 0 Å². The zero-order chi connectivity index (χ0) is 9.61. The molecule has 0 aromatic rings. The molecule has 0 saturated heterocycles. The van der Waals surface area contributed by atoms with Gasteiger partial charge < -0.3 is 0 Å². The van der Waals surface area contributed by atoms with Gasteiger partial charge in [-0.05, 0) is 19.3 Å². The summed E-state index contributed by atoms with van der Waals surface area (Å²) in [6.45, 7) is 5.98. The molecule has 0 aromatic heterocycles. The van der Waals surface area contributed by atoms with Gasteiger partial charge in [-0.1, -0.05) is 48.8 Å². The number of hydrogen-bond acceptors (Lipinski definition) is 0. The van der Waals surface area contributed by atoms with Gasteiger partial charge in [0.1, 0.15) is 5.41 Å². The third-order valence-electron chi connectivity index (χ3n) is 2.23. The number of unbranched alkanes of at least 4 members (excludes halogenated alkanes) is 1. The van der Waals surface area contributed by atoms with E-state index in [9.17, 15) is 4.39 Å². The van der Waals surface area contributed by atoms with E-state index < -0.39 is 5.41 Å². The molecule has 0 N–H and O–H groups in total. The van der Waals surface area contributed by atoms with Crippen LogP contribution in [0.1, 0.15) is 52.9 Å².